The van der Waals surface area contributed by atoms with Gasteiger partial charge in [0.15, 0.2) is 0 Å². The minimum atomic E-state index is -0.953. The average Bonchev–Trinajstić information content (AvgIpc) is 2.95. The van der Waals surface area contributed by atoms with Crippen LogP contribution in [0.1, 0.15) is 17.0 Å². The van der Waals surface area contributed by atoms with Crippen LogP contribution in [0.15, 0.2) is 6.08 Å². The van der Waals surface area contributed by atoms with Gasteiger partial charge >= 0.3 is 5.97 Å². The number of carbonyl (C=O) groups excluding carboxylic acids is 1. The maximum absolute atomic E-state index is 12.1. The number of aromatic nitrogens is 2. The predicted octanol–water partition coefficient (Wildman–Crippen LogP) is 1.04. The zero-order chi connectivity index (χ0) is 14.9. The van der Waals surface area contributed by atoms with Gasteiger partial charge in [-0.1, -0.05) is 0 Å². The number of aliphatic carboxylic acids is 1. The van der Waals surface area contributed by atoms with Crippen molar-refractivity contribution in [3.05, 3.63) is 23.0 Å². The molecule has 0 aromatic carbocycles. The largest absolute Gasteiger partial charge is 0.480 e. The summed E-state index contributed by atoms with van der Waals surface area (Å²) in [5, 5.41) is 13.3. The van der Waals surface area contributed by atoms with Gasteiger partial charge in [0.25, 0.3) is 0 Å². The monoisotopic (exact) mass is 295 g/mol. The second-order valence-corrected chi connectivity index (χ2v) is 5.70. The molecule has 1 unspecified atom stereocenters. The SMILES string of the molecule is Cc1nn(C)c(C)c1/C=C/C(=O)N1CSCC1C(=O)O. The first-order valence-corrected chi connectivity index (χ1v) is 7.36. The zero-order valence-electron chi connectivity index (χ0n) is 11.7. The van der Waals surface area contributed by atoms with E-state index in [1.54, 1.807) is 10.8 Å². The highest BCUT2D eigenvalue weighted by Gasteiger charge is 2.33. The summed E-state index contributed by atoms with van der Waals surface area (Å²) < 4.78 is 1.76. The molecule has 0 spiro atoms. The van der Waals surface area contributed by atoms with Crippen molar-refractivity contribution in [2.24, 2.45) is 7.05 Å². The van der Waals surface area contributed by atoms with E-state index in [0.717, 1.165) is 17.0 Å². The van der Waals surface area contributed by atoms with Gasteiger partial charge in [-0.15, -0.1) is 11.8 Å². The van der Waals surface area contributed by atoms with Crippen LogP contribution in [0, 0.1) is 13.8 Å². The van der Waals surface area contributed by atoms with Crippen LogP contribution >= 0.6 is 11.8 Å². The van der Waals surface area contributed by atoms with Crippen LogP contribution in [0.5, 0.6) is 0 Å². The first-order chi connectivity index (χ1) is 9.41. The van der Waals surface area contributed by atoms with E-state index < -0.39 is 12.0 Å². The molecule has 0 aliphatic carbocycles. The van der Waals surface area contributed by atoms with E-state index >= 15 is 0 Å². The van der Waals surface area contributed by atoms with Gasteiger partial charge in [0.05, 0.1) is 11.6 Å². The summed E-state index contributed by atoms with van der Waals surface area (Å²) in [6.45, 7) is 3.80. The van der Waals surface area contributed by atoms with Crippen LogP contribution in [0.3, 0.4) is 0 Å². The van der Waals surface area contributed by atoms with E-state index in [9.17, 15) is 9.59 Å². The standard InChI is InChI=1S/C13H17N3O3S/c1-8-10(9(2)15(3)14-8)4-5-12(17)16-7-20-6-11(16)13(18)19/h4-5,11H,6-7H2,1-3H3,(H,18,19)/b5-4+. The van der Waals surface area contributed by atoms with E-state index in [1.165, 1.54) is 22.7 Å². The van der Waals surface area contributed by atoms with Crippen LogP contribution in [0.2, 0.25) is 0 Å². The second-order valence-electron chi connectivity index (χ2n) is 4.70. The fourth-order valence-electron chi connectivity index (χ4n) is 2.15. The van der Waals surface area contributed by atoms with Crippen molar-refractivity contribution in [3.8, 4) is 0 Å². The Labute approximate surface area is 121 Å². The van der Waals surface area contributed by atoms with Gasteiger partial charge in [-0.2, -0.15) is 5.10 Å². The van der Waals surface area contributed by atoms with Crippen molar-refractivity contribution >= 4 is 29.7 Å². The van der Waals surface area contributed by atoms with E-state index in [1.807, 2.05) is 20.9 Å². The molecule has 0 radical (unpaired) electrons. The normalized spacial score (nSPS) is 18.9. The number of thioether (sulfide) groups is 1. The summed E-state index contributed by atoms with van der Waals surface area (Å²) in [5.41, 5.74) is 2.72. The molecule has 1 fully saturated rings. The Morgan fingerprint density at radius 3 is 2.70 bits per heavy atom. The zero-order valence-corrected chi connectivity index (χ0v) is 12.5. The third-order valence-corrected chi connectivity index (χ3v) is 4.42. The number of amides is 1. The quantitative estimate of drug-likeness (QED) is 0.843. The Hall–Kier alpha value is -1.76. The van der Waals surface area contributed by atoms with Gasteiger partial charge in [0, 0.05) is 30.1 Å². The third kappa shape index (κ3) is 2.72. The van der Waals surface area contributed by atoms with Gasteiger partial charge < -0.3 is 10.0 Å². The molecule has 1 aromatic rings. The lowest BCUT2D eigenvalue weighted by Gasteiger charge is -2.18. The Bertz CT molecular complexity index is 580. The van der Waals surface area contributed by atoms with Crippen LogP contribution in [0.4, 0.5) is 0 Å². The molecule has 0 saturated carbocycles. The first kappa shape index (κ1) is 14.6. The van der Waals surface area contributed by atoms with Crippen molar-refractivity contribution in [1.82, 2.24) is 14.7 Å². The van der Waals surface area contributed by atoms with Gasteiger partial charge in [-0.3, -0.25) is 9.48 Å². The molecular weight excluding hydrogens is 278 g/mol. The van der Waals surface area contributed by atoms with E-state index in [2.05, 4.69) is 5.10 Å². The molecule has 1 N–H and O–H groups in total. The number of hydrogen-bond donors (Lipinski definition) is 1. The van der Waals surface area contributed by atoms with E-state index in [4.69, 9.17) is 5.11 Å². The summed E-state index contributed by atoms with van der Waals surface area (Å²) in [5.74, 6) is -0.360. The molecule has 1 atom stereocenters. The van der Waals surface area contributed by atoms with Crippen molar-refractivity contribution in [2.45, 2.75) is 19.9 Å². The molecule has 1 aliphatic heterocycles. The van der Waals surface area contributed by atoms with Crippen LogP contribution < -0.4 is 0 Å². The van der Waals surface area contributed by atoms with Crippen LogP contribution in [-0.4, -0.2) is 49.3 Å². The molecule has 7 heteroatoms. The molecule has 1 saturated heterocycles. The van der Waals surface area contributed by atoms with Crippen molar-refractivity contribution in [1.29, 1.82) is 0 Å². The number of rotatable bonds is 3. The van der Waals surface area contributed by atoms with Crippen molar-refractivity contribution in [3.63, 3.8) is 0 Å². The van der Waals surface area contributed by atoms with Crippen molar-refractivity contribution in [2.75, 3.05) is 11.6 Å². The van der Waals surface area contributed by atoms with E-state index in [-0.39, 0.29) is 5.91 Å². The predicted molar refractivity (Wildman–Crippen MR) is 77.3 cm³/mol. The number of hydrogen-bond acceptors (Lipinski definition) is 4. The second kappa shape index (κ2) is 5.70. The highest BCUT2D eigenvalue weighted by molar-refractivity contribution is 7.99. The van der Waals surface area contributed by atoms with Gasteiger partial charge in [-0.25, -0.2) is 4.79 Å². The third-order valence-electron chi connectivity index (χ3n) is 3.41. The first-order valence-electron chi connectivity index (χ1n) is 6.21. The van der Waals surface area contributed by atoms with Crippen LogP contribution in [0.25, 0.3) is 6.08 Å². The molecule has 1 amide bonds. The van der Waals surface area contributed by atoms with Crippen molar-refractivity contribution < 1.29 is 14.7 Å². The summed E-state index contributed by atoms with van der Waals surface area (Å²) in [4.78, 5) is 24.5. The molecule has 6 nitrogen and oxygen atoms in total. The Balaban J connectivity index is 2.15. The molecule has 20 heavy (non-hydrogen) atoms. The Morgan fingerprint density at radius 2 is 2.15 bits per heavy atom. The summed E-state index contributed by atoms with van der Waals surface area (Å²) in [7, 11) is 1.85. The number of carboxylic acid groups (broad SMARTS) is 1. The number of carboxylic acids is 1. The topological polar surface area (TPSA) is 75.4 Å². The molecule has 1 aromatic heterocycles. The molecule has 2 rings (SSSR count). The van der Waals surface area contributed by atoms with Gasteiger partial charge in [0.2, 0.25) is 5.91 Å². The highest BCUT2D eigenvalue weighted by atomic mass is 32.2. The summed E-state index contributed by atoms with van der Waals surface area (Å²) in [6, 6.07) is -0.728. The minimum absolute atomic E-state index is 0.273. The minimum Gasteiger partial charge on any atom is -0.480 e. The molecule has 108 valence electrons. The maximum atomic E-state index is 12.1. The Morgan fingerprint density at radius 1 is 1.45 bits per heavy atom. The van der Waals surface area contributed by atoms with Gasteiger partial charge in [0.1, 0.15) is 6.04 Å². The number of aryl methyl sites for hydroxylation is 2. The number of nitrogens with zero attached hydrogens (tertiary/aromatic N) is 3. The van der Waals surface area contributed by atoms with E-state index in [0.29, 0.717) is 11.6 Å². The van der Waals surface area contributed by atoms with Crippen LogP contribution in [-0.2, 0) is 16.6 Å². The molecule has 0 bridgehead atoms. The highest BCUT2D eigenvalue weighted by Crippen LogP contribution is 2.22. The summed E-state index contributed by atoms with van der Waals surface area (Å²) in [6.07, 6.45) is 3.14. The lowest BCUT2D eigenvalue weighted by Crippen LogP contribution is -2.40. The fourth-order valence-corrected chi connectivity index (χ4v) is 3.30. The molecule has 1 aliphatic rings. The summed E-state index contributed by atoms with van der Waals surface area (Å²) >= 11 is 1.45. The van der Waals surface area contributed by atoms with Gasteiger partial charge in [-0.05, 0) is 19.9 Å². The lowest BCUT2D eigenvalue weighted by molar-refractivity contribution is -0.146. The maximum Gasteiger partial charge on any atom is 0.327 e. The lowest BCUT2D eigenvalue weighted by atomic mass is 10.2. The molecular formula is C13H17N3O3S. The average molecular weight is 295 g/mol. The molecule has 2 heterocycles. The smallest absolute Gasteiger partial charge is 0.327 e. The number of carbonyl (C=O) groups is 2. The Kier molecular flexibility index (Phi) is 4.17. The fraction of sp³-hybridized carbons (Fsp3) is 0.462.